The molecular formula is C22H30N2O4S2. The lowest BCUT2D eigenvalue weighted by atomic mass is 9.88. The van der Waals surface area contributed by atoms with E-state index >= 15 is 0 Å². The highest BCUT2D eigenvalue weighted by atomic mass is 32.2. The summed E-state index contributed by atoms with van der Waals surface area (Å²) in [6, 6.07) is 6.40. The van der Waals surface area contributed by atoms with Crippen LogP contribution in [0.1, 0.15) is 46.2 Å². The van der Waals surface area contributed by atoms with E-state index in [1.807, 2.05) is 38.1 Å². The third kappa shape index (κ3) is 4.46. The van der Waals surface area contributed by atoms with Crippen LogP contribution in [-0.2, 0) is 20.0 Å². The van der Waals surface area contributed by atoms with Crippen LogP contribution in [0, 0.1) is 41.5 Å². The van der Waals surface area contributed by atoms with Gasteiger partial charge in [-0.25, -0.2) is 26.3 Å². The van der Waals surface area contributed by atoms with Gasteiger partial charge in [0.2, 0.25) is 20.0 Å². The molecule has 2 N–H and O–H groups in total. The monoisotopic (exact) mass is 450 g/mol. The van der Waals surface area contributed by atoms with Crippen LogP contribution < -0.4 is 9.44 Å². The lowest BCUT2D eigenvalue weighted by Crippen LogP contribution is -2.58. The van der Waals surface area contributed by atoms with Crippen molar-refractivity contribution >= 4 is 20.0 Å². The van der Waals surface area contributed by atoms with Gasteiger partial charge in [-0.1, -0.05) is 35.4 Å². The van der Waals surface area contributed by atoms with Crippen LogP contribution in [0.2, 0.25) is 0 Å². The molecule has 3 rings (SSSR count). The average molecular weight is 451 g/mol. The van der Waals surface area contributed by atoms with E-state index in [4.69, 9.17) is 0 Å². The van der Waals surface area contributed by atoms with Crippen molar-refractivity contribution in [2.45, 2.75) is 76.3 Å². The van der Waals surface area contributed by atoms with Crippen molar-refractivity contribution in [3.8, 4) is 0 Å². The predicted molar refractivity (Wildman–Crippen MR) is 119 cm³/mol. The minimum atomic E-state index is -3.76. The Kier molecular flexibility index (Phi) is 6.17. The normalized spacial score (nSPS) is 19.5. The fourth-order valence-corrected chi connectivity index (χ4v) is 8.01. The Morgan fingerprint density at radius 2 is 0.867 bits per heavy atom. The van der Waals surface area contributed by atoms with E-state index in [0.29, 0.717) is 35.1 Å². The quantitative estimate of drug-likeness (QED) is 0.706. The highest BCUT2D eigenvalue weighted by Crippen LogP contribution is 2.28. The highest BCUT2D eigenvalue weighted by molar-refractivity contribution is 7.90. The molecule has 30 heavy (non-hydrogen) atoms. The zero-order valence-electron chi connectivity index (χ0n) is 18.3. The van der Waals surface area contributed by atoms with Crippen LogP contribution in [0.15, 0.2) is 34.1 Å². The minimum Gasteiger partial charge on any atom is -0.207 e. The molecule has 0 unspecified atom stereocenters. The zero-order chi connectivity index (χ0) is 22.4. The molecule has 1 saturated carbocycles. The van der Waals surface area contributed by atoms with Gasteiger partial charge >= 0.3 is 0 Å². The first-order valence-corrected chi connectivity index (χ1v) is 13.0. The van der Waals surface area contributed by atoms with Gasteiger partial charge in [0, 0.05) is 12.1 Å². The summed E-state index contributed by atoms with van der Waals surface area (Å²) in [6.07, 6.45) is 1.17. The number of nitrogens with one attached hydrogen (secondary N) is 2. The summed E-state index contributed by atoms with van der Waals surface area (Å²) >= 11 is 0. The molecule has 2 aromatic rings. The number of hydrogen-bond acceptors (Lipinski definition) is 4. The number of sulfonamides is 2. The first kappa shape index (κ1) is 22.9. The Labute approximate surface area is 180 Å². The second-order valence-electron chi connectivity index (χ2n) is 8.49. The summed E-state index contributed by atoms with van der Waals surface area (Å²) in [5.41, 5.74) is 4.73. The first-order chi connectivity index (χ1) is 13.8. The molecule has 0 radical (unpaired) electrons. The molecule has 1 aliphatic carbocycles. The standard InChI is InChI=1S/C22H30N2O4S2/c1-13-9-15(3)21(16(4)10-13)29(25,26)23-19-7-8-20(19)24-30(27,28)22-17(5)11-14(2)12-18(22)6/h9-12,19-20,23-24H,7-8H2,1-6H3/t19-,20-/m1/s1. The second-order valence-corrected chi connectivity index (χ2v) is 11.8. The molecule has 0 amide bonds. The average Bonchev–Trinajstić information content (AvgIpc) is 2.54. The molecule has 2 atom stereocenters. The van der Waals surface area contributed by atoms with Gasteiger partial charge in [0.15, 0.2) is 0 Å². The van der Waals surface area contributed by atoms with Crippen molar-refractivity contribution in [3.05, 3.63) is 57.6 Å². The number of benzene rings is 2. The van der Waals surface area contributed by atoms with Crippen molar-refractivity contribution in [2.24, 2.45) is 0 Å². The molecule has 6 nitrogen and oxygen atoms in total. The lowest BCUT2D eigenvalue weighted by molar-refractivity contribution is 0.298. The Morgan fingerprint density at radius 1 is 0.600 bits per heavy atom. The minimum absolute atomic E-state index is 0.270. The Morgan fingerprint density at radius 3 is 1.10 bits per heavy atom. The van der Waals surface area contributed by atoms with Crippen LogP contribution in [0.3, 0.4) is 0 Å². The Bertz CT molecular complexity index is 1060. The third-order valence-electron chi connectivity index (χ3n) is 5.63. The first-order valence-electron chi connectivity index (χ1n) is 10.0. The van der Waals surface area contributed by atoms with E-state index < -0.39 is 32.1 Å². The maximum Gasteiger partial charge on any atom is 0.241 e. The third-order valence-corrected chi connectivity index (χ3v) is 9.22. The summed E-state index contributed by atoms with van der Waals surface area (Å²) in [7, 11) is -7.52. The van der Waals surface area contributed by atoms with Crippen molar-refractivity contribution in [1.82, 2.24) is 9.44 Å². The fourth-order valence-electron chi connectivity index (χ4n) is 4.48. The molecule has 0 saturated heterocycles. The highest BCUT2D eigenvalue weighted by Gasteiger charge is 2.38. The van der Waals surface area contributed by atoms with Gasteiger partial charge in [-0.05, 0) is 76.6 Å². The molecule has 0 spiro atoms. The van der Waals surface area contributed by atoms with Gasteiger partial charge in [0.1, 0.15) is 0 Å². The molecule has 0 aromatic heterocycles. The van der Waals surface area contributed by atoms with Gasteiger partial charge in [-0.15, -0.1) is 0 Å². The smallest absolute Gasteiger partial charge is 0.207 e. The number of hydrogen-bond donors (Lipinski definition) is 2. The zero-order valence-corrected chi connectivity index (χ0v) is 20.0. The summed E-state index contributed by atoms with van der Waals surface area (Å²) in [6.45, 7) is 11.0. The Balaban J connectivity index is 1.82. The van der Waals surface area contributed by atoms with Gasteiger partial charge in [-0.3, -0.25) is 0 Å². The van der Waals surface area contributed by atoms with E-state index in [1.165, 1.54) is 0 Å². The molecular weight excluding hydrogens is 420 g/mol. The summed E-state index contributed by atoms with van der Waals surface area (Å²) in [5.74, 6) is 0. The number of aryl methyl sites for hydroxylation is 6. The molecule has 164 valence electrons. The van der Waals surface area contributed by atoms with Gasteiger partial charge in [0.25, 0.3) is 0 Å². The number of rotatable bonds is 6. The second kappa shape index (κ2) is 8.07. The van der Waals surface area contributed by atoms with Crippen molar-refractivity contribution in [3.63, 3.8) is 0 Å². The van der Waals surface area contributed by atoms with Crippen molar-refractivity contribution in [2.75, 3.05) is 0 Å². The van der Waals surface area contributed by atoms with E-state index in [9.17, 15) is 16.8 Å². The SMILES string of the molecule is Cc1cc(C)c(S(=O)(=O)N[C@@H]2CC[C@H]2NS(=O)(=O)c2c(C)cc(C)cc2C)c(C)c1. The van der Waals surface area contributed by atoms with Crippen molar-refractivity contribution in [1.29, 1.82) is 0 Å². The van der Waals surface area contributed by atoms with E-state index in [0.717, 1.165) is 11.1 Å². The van der Waals surface area contributed by atoms with Crippen LogP contribution >= 0.6 is 0 Å². The fraction of sp³-hybridized carbons (Fsp3) is 0.455. The van der Waals surface area contributed by atoms with Crippen LogP contribution in [-0.4, -0.2) is 28.9 Å². The van der Waals surface area contributed by atoms with Crippen LogP contribution in [0.4, 0.5) is 0 Å². The summed E-state index contributed by atoms with van der Waals surface area (Å²) < 4.78 is 57.5. The molecule has 1 fully saturated rings. The maximum absolute atomic E-state index is 13.0. The van der Waals surface area contributed by atoms with Crippen LogP contribution in [0.5, 0.6) is 0 Å². The Hall–Kier alpha value is -1.74. The van der Waals surface area contributed by atoms with Gasteiger partial charge < -0.3 is 0 Å². The van der Waals surface area contributed by atoms with E-state index in [2.05, 4.69) is 9.44 Å². The maximum atomic E-state index is 13.0. The molecule has 0 aliphatic heterocycles. The summed E-state index contributed by atoms with van der Waals surface area (Å²) in [4.78, 5) is 0.540. The lowest BCUT2D eigenvalue weighted by Gasteiger charge is -2.37. The molecule has 1 aliphatic rings. The summed E-state index contributed by atoms with van der Waals surface area (Å²) in [5, 5.41) is 0. The molecule has 2 aromatic carbocycles. The topological polar surface area (TPSA) is 92.3 Å². The molecule has 8 heteroatoms. The van der Waals surface area contributed by atoms with Crippen LogP contribution in [0.25, 0.3) is 0 Å². The largest absolute Gasteiger partial charge is 0.241 e. The van der Waals surface area contributed by atoms with E-state index in [1.54, 1.807) is 27.7 Å². The molecule has 0 heterocycles. The van der Waals surface area contributed by atoms with Crippen molar-refractivity contribution < 1.29 is 16.8 Å². The predicted octanol–water partition coefficient (Wildman–Crippen LogP) is 3.32. The van der Waals surface area contributed by atoms with Gasteiger partial charge in [0.05, 0.1) is 9.79 Å². The van der Waals surface area contributed by atoms with Gasteiger partial charge in [-0.2, -0.15) is 0 Å². The molecule has 0 bridgehead atoms. The van der Waals surface area contributed by atoms with E-state index in [-0.39, 0.29) is 9.79 Å².